The number of fused-ring (bicyclic) bond motifs is 4. The van der Waals surface area contributed by atoms with E-state index in [1.54, 1.807) is 0 Å². The van der Waals surface area contributed by atoms with Crippen molar-refractivity contribution in [3.05, 3.63) is 109 Å². The molecule has 0 fully saturated rings. The number of rotatable bonds is 5. The molecule has 6 rings (SSSR count). The van der Waals surface area contributed by atoms with Crippen LogP contribution < -0.4 is 10.6 Å². The first-order valence-electron chi connectivity index (χ1n) is 11.6. The van der Waals surface area contributed by atoms with Crippen LogP contribution in [-0.4, -0.2) is 13.1 Å². The first kappa shape index (κ1) is 19.8. The van der Waals surface area contributed by atoms with Crippen molar-refractivity contribution in [3.63, 3.8) is 0 Å². The van der Waals surface area contributed by atoms with Crippen LogP contribution in [0.2, 0.25) is 0 Å². The fraction of sp³-hybridized carbons (Fsp3) is 0.0968. The maximum Gasteiger partial charge on any atom is 0.0490 e. The van der Waals surface area contributed by atoms with Gasteiger partial charge >= 0.3 is 0 Å². The van der Waals surface area contributed by atoms with Gasteiger partial charge in [0.1, 0.15) is 0 Å². The second-order valence-electron chi connectivity index (χ2n) is 8.69. The van der Waals surface area contributed by atoms with Crippen LogP contribution in [0.25, 0.3) is 43.1 Å². The minimum atomic E-state index is 0.665. The average molecular weight is 427 g/mol. The highest BCUT2D eigenvalue weighted by Crippen LogP contribution is 2.38. The lowest BCUT2D eigenvalue weighted by Gasteiger charge is -2.28. The SMILES string of the molecule is NCCCN(c1cccc2cc3ccccc3cc12)c1cccc2cc3ccccc3cc12. The zero-order valence-corrected chi connectivity index (χ0v) is 18.5. The van der Waals surface area contributed by atoms with Gasteiger partial charge in [-0.25, -0.2) is 0 Å². The van der Waals surface area contributed by atoms with Gasteiger partial charge in [0.15, 0.2) is 0 Å². The fourth-order valence-corrected chi connectivity index (χ4v) is 4.99. The molecule has 0 aliphatic rings. The number of anilines is 2. The Labute approximate surface area is 193 Å². The third-order valence-electron chi connectivity index (χ3n) is 6.61. The molecule has 0 saturated heterocycles. The third kappa shape index (κ3) is 3.49. The predicted octanol–water partition coefficient (Wildman–Crippen LogP) is 7.79. The molecule has 0 spiro atoms. The van der Waals surface area contributed by atoms with Crippen molar-refractivity contribution in [1.82, 2.24) is 0 Å². The fourth-order valence-electron chi connectivity index (χ4n) is 4.99. The van der Waals surface area contributed by atoms with Gasteiger partial charge in [0.2, 0.25) is 0 Å². The Kier molecular flexibility index (Phi) is 4.93. The highest BCUT2D eigenvalue weighted by Gasteiger charge is 2.16. The van der Waals surface area contributed by atoms with Crippen LogP contribution >= 0.6 is 0 Å². The summed E-state index contributed by atoms with van der Waals surface area (Å²) in [6.07, 6.45) is 0.925. The number of nitrogens with zero attached hydrogens (tertiary/aromatic N) is 1. The summed E-state index contributed by atoms with van der Waals surface area (Å²) in [5, 5.41) is 10.1. The van der Waals surface area contributed by atoms with Gasteiger partial charge in [-0.1, -0.05) is 72.8 Å². The molecule has 6 aromatic rings. The lowest BCUT2D eigenvalue weighted by molar-refractivity contribution is 0.821. The molecule has 0 saturated carbocycles. The number of hydrogen-bond donors (Lipinski definition) is 1. The number of nitrogens with two attached hydrogens (primary N) is 1. The largest absolute Gasteiger partial charge is 0.340 e. The number of benzene rings is 6. The van der Waals surface area contributed by atoms with Crippen LogP contribution in [0.5, 0.6) is 0 Å². The van der Waals surface area contributed by atoms with Crippen molar-refractivity contribution >= 4 is 54.5 Å². The number of hydrogen-bond acceptors (Lipinski definition) is 2. The van der Waals surface area contributed by atoms with Gasteiger partial charge < -0.3 is 10.6 Å². The molecule has 0 aliphatic carbocycles. The molecule has 0 bridgehead atoms. The topological polar surface area (TPSA) is 29.3 Å². The maximum atomic E-state index is 5.98. The van der Waals surface area contributed by atoms with Crippen LogP contribution in [-0.2, 0) is 0 Å². The van der Waals surface area contributed by atoms with Gasteiger partial charge in [0.05, 0.1) is 0 Å². The Hall–Kier alpha value is -3.88. The van der Waals surface area contributed by atoms with Crippen LogP contribution in [0.1, 0.15) is 6.42 Å². The van der Waals surface area contributed by atoms with Crippen molar-refractivity contribution in [2.24, 2.45) is 5.73 Å². The Morgan fingerprint density at radius 2 is 0.909 bits per heavy atom. The highest BCUT2D eigenvalue weighted by molar-refractivity contribution is 6.08. The molecule has 160 valence electrons. The van der Waals surface area contributed by atoms with E-state index in [4.69, 9.17) is 5.73 Å². The highest BCUT2D eigenvalue weighted by atomic mass is 15.1. The minimum Gasteiger partial charge on any atom is -0.340 e. The normalized spacial score (nSPS) is 11.5. The summed E-state index contributed by atoms with van der Waals surface area (Å²) in [5.41, 5.74) is 8.44. The zero-order valence-electron chi connectivity index (χ0n) is 18.5. The maximum absolute atomic E-state index is 5.98. The quantitative estimate of drug-likeness (QED) is 0.285. The second kappa shape index (κ2) is 8.23. The van der Waals surface area contributed by atoms with E-state index in [9.17, 15) is 0 Å². The summed E-state index contributed by atoms with van der Waals surface area (Å²) in [5.74, 6) is 0. The van der Waals surface area contributed by atoms with Gasteiger partial charge in [0.25, 0.3) is 0 Å². The predicted molar refractivity (Wildman–Crippen MR) is 144 cm³/mol. The van der Waals surface area contributed by atoms with Crippen molar-refractivity contribution in [1.29, 1.82) is 0 Å². The Morgan fingerprint density at radius 1 is 0.485 bits per heavy atom. The van der Waals surface area contributed by atoms with Crippen molar-refractivity contribution in [2.45, 2.75) is 6.42 Å². The van der Waals surface area contributed by atoms with E-state index in [1.165, 1.54) is 54.5 Å². The molecule has 0 atom stereocenters. The summed E-state index contributed by atoms with van der Waals surface area (Å²) in [6.45, 7) is 1.53. The molecule has 0 unspecified atom stereocenters. The summed E-state index contributed by atoms with van der Waals surface area (Å²) in [7, 11) is 0. The van der Waals surface area contributed by atoms with Gasteiger partial charge in [-0.3, -0.25) is 0 Å². The average Bonchev–Trinajstić information content (AvgIpc) is 2.86. The summed E-state index contributed by atoms with van der Waals surface area (Å²) >= 11 is 0. The molecule has 2 N–H and O–H groups in total. The molecule has 0 heterocycles. The first-order chi connectivity index (χ1) is 16.3. The lowest BCUT2D eigenvalue weighted by atomic mass is 9.99. The molecular formula is C31H26N2. The van der Waals surface area contributed by atoms with E-state index in [1.807, 2.05) is 0 Å². The van der Waals surface area contributed by atoms with Crippen molar-refractivity contribution in [2.75, 3.05) is 18.0 Å². The third-order valence-corrected chi connectivity index (χ3v) is 6.61. The zero-order chi connectivity index (χ0) is 22.2. The van der Waals surface area contributed by atoms with Crippen LogP contribution in [0, 0.1) is 0 Å². The molecule has 0 aliphatic heterocycles. The van der Waals surface area contributed by atoms with Crippen molar-refractivity contribution in [3.8, 4) is 0 Å². The molecule has 2 nitrogen and oxygen atoms in total. The Morgan fingerprint density at radius 3 is 1.36 bits per heavy atom. The summed E-state index contributed by atoms with van der Waals surface area (Å²) in [4.78, 5) is 2.46. The second-order valence-corrected chi connectivity index (χ2v) is 8.69. The van der Waals surface area contributed by atoms with E-state index in [-0.39, 0.29) is 0 Å². The van der Waals surface area contributed by atoms with Gasteiger partial charge in [-0.15, -0.1) is 0 Å². The van der Waals surface area contributed by atoms with E-state index < -0.39 is 0 Å². The summed E-state index contributed by atoms with van der Waals surface area (Å²) in [6, 6.07) is 39.7. The minimum absolute atomic E-state index is 0.665. The molecule has 0 amide bonds. The first-order valence-corrected chi connectivity index (χ1v) is 11.6. The summed E-state index contributed by atoms with van der Waals surface area (Å²) < 4.78 is 0. The Balaban J connectivity index is 1.61. The molecule has 6 aromatic carbocycles. The monoisotopic (exact) mass is 426 g/mol. The van der Waals surface area contributed by atoms with Gasteiger partial charge in [-0.2, -0.15) is 0 Å². The van der Waals surface area contributed by atoms with Crippen LogP contribution in [0.15, 0.2) is 109 Å². The van der Waals surface area contributed by atoms with Gasteiger partial charge in [-0.05, 0) is 81.7 Å². The van der Waals surface area contributed by atoms with E-state index >= 15 is 0 Å². The van der Waals surface area contributed by atoms with Gasteiger partial charge in [0, 0.05) is 28.7 Å². The molecule has 0 aromatic heterocycles. The lowest BCUT2D eigenvalue weighted by Crippen LogP contribution is -2.21. The molecular weight excluding hydrogens is 400 g/mol. The van der Waals surface area contributed by atoms with Crippen LogP contribution in [0.3, 0.4) is 0 Å². The molecule has 0 radical (unpaired) electrons. The van der Waals surface area contributed by atoms with E-state index in [0.717, 1.165) is 13.0 Å². The van der Waals surface area contributed by atoms with E-state index in [0.29, 0.717) is 6.54 Å². The van der Waals surface area contributed by atoms with E-state index in [2.05, 4.69) is 114 Å². The molecule has 33 heavy (non-hydrogen) atoms. The standard InChI is InChI=1S/C31H26N2/c32-16-7-17-33(30-14-5-12-26-18-22-8-1-3-10-24(22)20-28(26)30)31-15-6-13-27-19-23-9-2-4-11-25(23)21-29(27)31/h1-6,8-15,18-21H,7,16-17,32H2. The molecule has 2 heteroatoms. The van der Waals surface area contributed by atoms with Crippen LogP contribution in [0.4, 0.5) is 11.4 Å². The van der Waals surface area contributed by atoms with Crippen molar-refractivity contribution < 1.29 is 0 Å². The smallest absolute Gasteiger partial charge is 0.0490 e. The Bertz CT molecular complexity index is 1500.